The number of ether oxygens (including phenoxy) is 1. The molecule has 2 amide bonds. The number of nitrogens with one attached hydrogen (secondary N) is 3. The number of hydrogen-bond donors (Lipinski definition) is 3. The first-order valence-corrected chi connectivity index (χ1v) is 7.68. The van der Waals surface area contributed by atoms with Crippen LogP contribution < -0.4 is 10.6 Å². The van der Waals surface area contributed by atoms with Crippen LogP contribution in [0.5, 0.6) is 0 Å². The van der Waals surface area contributed by atoms with Gasteiger partial charge in [0.1, 0.15) is 5.69 Å². The SMILES string of the molecule is COCCNCCNC(=O)c1c[nH]c(C(=O)N2CCCC2)c1. The third-order valence-electron chi connectivity index (χ3n) is 3.64. The Kier molecular flexibility index (Phi) is 6.42. The van der Waals surface area contributed by atoms with Crippen LogP contribution in [0.15, 0.2) is 12.3 Å². The van der Waals surface area contributed by atoms with Gasteiger partial charge in [-0.2, -0.15) is 0 Å². The Morgan fingerprint density at radius 3 is 2.77 bits per heavy atom. The predicted octanol–water partition coefficient (Wildman–Crippen LogP) is 0.217. The maximum absolute atomic E-state index is 12.2. The van der Waals surface area contributed by atoms with E-state index in [9.17, 15) is 9.59 Å². The van der Waals surface area contributed by atoms with Gasteiger partial charge >= 0.3 is 0 Å². The second-order valence-corrected chi connectivity index (χ2v) is 5.30. The summed E-state index contributed by atoms with van der Waals surface area (Å²) in [6.07, 6.45) is 3.68. The molecule has 0 spiro atoms. The van der Waals surface area contributed by atoms with Crippen LogP contribution in [-0.4, -0.2) is 68.1 Å². The van der Waals surface area contributed by atoms with E-state index in [1.54, 1.807) is 19.4 Å². The lowest BCUT2D eigenvalue weighted by Crippen LogP contribution is -2.33. The van der Waals surface area contributed by atoms with Crippen molar-refractivity contribution in [2.24, 2.45) is 0 Å². The molecule has 1 aromatic rings. The van der Waals surface area contributed by atoms with Crippen LogP contribution >= 0.6 is 0 Å². The molecule has 7 nitrogen and oxygen atoms in total. The van der Waals surface area contributed by atoms with Gasteiger partial charge in [-0.3, -0.25) is 9.59 Å². The van der Waals surface area contributed by atoms with Crippen molar-refractivity contribution in [3.63, 3.8) is 0 Å². The maximum atomic E-state index is 12.2. The monoisotopic (exact) mass is 308 g/mol. The number of amides is 2. The number of methoxy groups -OCH3 is 1. The number of aromatic nitrogens is 1. The quantitative estimate of drug-likeness (QED) is 0.600. The van der Waals surface area contributed by atoms with E-state index in [4.69, 9.17) is 4.74 Å². The standard InChI is InChI=1S/C15H24N4O3/c1-22-9-6-16-4-5-17-14(20)12-10-13(18-11-12)15(21)19-7-2-3-8-19/h10-11,16,18H,2-9H2,1H3,(H,17,20). The highest BCUT2D eigenvalue weighted by atomic mass is 16.5. The van der Waals surface area contributed by atoms with E-state index in [1.165, 1.54) is 0 Å². The zero-order valence-corrected chi connectivity index (χ0v) is 13.0. The Hall–Kier alpha value is -1.86. The van der Waals surface area contributed by atoms with Gasteiger partial charge in [0.15, 0.2) is 0 Å². The van der Waals surface area contributed by atoms with Gasteiger partial charge in [0.05, 0.1) is 12.2 Å². The summed E-state index contributed by atoms with van der Waals surface area (Å²) in [5.41, 5.74) is 0.963. The molecule has 1 aromatic heterocycles. The van der Waals surface area contributed by atoms with Gasteiger partial charge < -0.3 is 25.3 Å². The van der Waals surface area contributed by atoms with Crippen LogP contribution in [0, 0.1) is 0 Å². The molecule has 1 aliphatic heterocycles. The molecular formula is C15H24N4O3. The Balaban J connectivity index is 1.75. The number of H-pyrrole nitrogens is 1. The second kappa shape index (κ2) is 8.55. The van der Waals surface area contributed by atoms with Gasteiger partial charge in [-0.15, -0.1) is 0 Å². The molecule has 2 heterocycles. The largest absolute Gasteiger partial charge is 0.383 e. The molecule has 0 radical (unpaired) electrons. The number of aromatic amines is 1. The lowest BCUT2D eigenvalue weighted by molar-refractivity contribution is 0.0787. The highest BCUT2D eigenvalue weighted by molar-refractivity contribution is 5.99. The van der Waals surface area contributed by atoms with Gasteiger partial charge in [0, 0.05) is 46.0 Å². The fourth-order valence-electron chi connectivity index (χ4n) is 2.41. The molecule has 7 heteroatoms. The van der Waals surface area contributed by atoms with Crippen molar-refractivity contribution >= 4 is 11.8 Å². The maximum Gasteiger partial charge on any atom is 0.270 e. The summed E-state index contributed by atoms with van der Waals surface area (Å²) in [5, 5.41) is 5.96. The zero-order valence-electron chi connectivity index (χ0n) is 13.0. The predicted molar refractivity (Wildman–Crippen MR) is 83.0 cm³/mol. The van der Waals surface area contributed by atoms with Crippen molar-refractivity contribution in [2.75, 3.05) is 46.4 Å². The normalized spacial score (nSPS) is 14.3. The molecule has 0 bridgehead atoms. The molecule has 0 unspecified atom stereocenters. The highest BCUT2D eigenvalue weighted by Gasteiger charge is 2.21. The molecule has 22 heavy (non-hydrogen) atoms. The summed E-state index contributed by atoms with van der Waals surface area (Å²) in [7, 11) is 1.65. The van der Waals surface area contributed by atoms with Crippen LogP contribution in [0.3, 0.4) is 0 Å². The minimum absolute atomic E-state index is 0.0298. The summed E-state index contributed by atoms with van der Waals surface area (Å²) in [4.78, 5) is 28.9. The summed E-state index contributed by atoms with van der Waals surface area (Å²) in [5.74, 6) is -0.206. The third-order valence-corrected chi connectivity index (χ3v) is 3.64. The molecule has 1 aliphatic rings. The zero-order chi connectivity index (χ0) is 15.8. The van der Waals surface area contributed by atoms with Crippen molar-refractivity contribution in [1.29, 1.82) is 0 Å². The molecule has 0 atom stereocenters. The molecule has 3 N–H and O–H groups in total. The Bertz CT molecular complexity index is 495. The van der Waals surface area contributed by atoms with Gasteiger partial charge in [0.2, 0.25) is 0 Å². The summed E-state index contributed by atoms with van der Waals surface area (Å²) in [6.45, 7) is 4.21. The fourth-order valence-corrected chi connectivity index (χ4v) is 2.41. The van der Waals surface area contributed by atoms with Crippen molar-refractivity contribution < 1.29 is 14.3 Å². The molecule has 1 saturated heterocycles. The van der Waals surface area contributed by atoms with E-state index in [0.717, 1.165) is 32.5 Å². The summed E-state index contributed by atoms with van der Waals surface area (Å²) in [6, 6.07) is 1.62. The molecule has 0 aromatic carbocycles. The van der Waals surface area contributed by atoms with Crippen LogP contribution in [0.4, 0.5) is 0 Å². The van der Waals surface area contributed by atoms with E-state index in [0.29, 0.717) is 31.0 Å². The minimum atomic E-state index is -0.176. The number of rotatable bonds is 8. The number of nitrogens with zero attached hydrogens (tertiary/aromatic N) is 1. The summed E-state index contributed by atoms with van der Waals surface area (Å²) < 4.78 is 4.92. The number of carbonyl (C=O) groups excluding carboxylic acids is 2. The van der Waals surface area contributed by atoms with Crippen molar-refractivity contribution in [1.82, 2.24) is 20.5 Å². The molecule has 0 aliphatic carbocycles. The number of carbonyl (C=O) groups is 2. The minimum Gasteiger partial charge on any atom is -0.383 e. The van der Waals surface area contributed by atoms with Crippen LogP contribution in [0.25, 0.3) is 0 Å². The van der Waals surface area contributed by atoms with Gasteiger partial charge in [-0.1, -0.05) is 0 Å². The topological polar surface area (TPSA) is 86.5 Å². The first-order chi connectivity index (χ1) is 10.7. The first kappa shape index (κ1) is 16.5. The highest BCUT2D eigenvalue weighted by Crippen LogP contribution is 2.13. The van der Waals surface area contributed by atoms with Gasteiger partial charge in [-0.25, -0.2) is 0 Å². The number of likely N-dealkylation sites (tertiary alicyclic amines) is 1. The fraction of sp³-hybridized carbons (Fsp3) is 0.600. The Labute approximate surface area is 130 Å². The van der Waals surface area contributed by atoms with E-state index in [-0.39, 0.29) is 11.8 Å². The van der Waals surface area contributed by atoms with Crippen LogP contribution in [0.1, 0.15) is 33.7 Å². The molecule has 0 saturated carbocycles. The third kappa shape index (κ3) is 4.57. The first-order valence-electron chi connectivity index (χ1n) is 7.68. The van der Waals surface area contributed by atoms with Crippen molar-refractivity contribution in [2.45, 2.75) is 12.8 Å². The Morgan fingerprint density at radius 1 is 1.27 bits per heavy atom. The lowest BCUT2D eigenvalue weighted by atomic mass is 10.2. The lowest BCUT2D eigenvalue weighted by Gasteiger charge is -2.13. The van der Waals surface area contributed by atoms with Crippen LogP contribution in [-0.2, 0) is 4.74 Å². The molecule has 1 fully saturated rings. The average molecular weight is 308 g/mol. The van der Waals surface area contributed by atoms with Crippen LogP contribution in [0.2, 0.25) is 0 Å². The van der Waals surface area contributed by atoms with E-state index >= 15 is 0 Å². The smallest absolute Gasteiger partial charge is 0.270 e. The molecule has 2 rings (SSSR count). The average Bonchev–Trinajstić information content (AvgIpc) is 3.21. The van der Waals surface area contributed by atoms with Crippen molar-refractivity contribution in [3.8, 4) is 0 Å². The van der Waals surface area contributed by atoms with E-state index in [1.807, 2.05) is 4.90 Å². The van der Waals surface area contributed by atoms with Gasteiger partial charge in [-0.05, 0) is 18.9 Å². The number of hydrogen-bond acceptors (Lipinski definition) is 4. The van der Waals surface area contributed by atoms with Gasteiger partial charge in [0.25, 0.3) is 11.8 Å². The summed E-state index contributed by atoms with van der Waals surface area (Å²) >= 11 is 0. The Morgan fingerprint density at radius 2 is 2.05 bits per heavy atom. The van der Waals surface area contributed by atoms with Crippen molar-refractivity contribution in [3.05, 3.63) is 23.5 Å². The van der Waals surface area contributed by atoms with E-state index < -0.39 is 0 Å². The second-order valence-electron chi connectivity index (χ2n) is 5.30. The molecule has 122 valence electrons. The molecular weight excluding hydrogens is 284 g/mol. The van der Waals surface area contributed by atoms with E-state index in [2.05, 4.69) is 15.6 Å².